The lowest BCUT2D eigenvalue weighted by Gasteiger charge is -2.27. The third kappa shape index (κ3) is 4.38. The molecular weight excluding hydrogens is 446 g/mol. The molecule has 1 aliphatic carbocycles. The highest BCUT2D eigenvalue weighted by molar-refractivity contribution is 5.89. The second kappa shape index (κ2) is 9.00. The molecule has 2 amide bonds. The van der Waals surface area contributed by atoms with E-state index in [1.807, 2.05) is 36.4 Å². The highest BCUT2D eigenvalue weighted by Crippen LogP contribution is 2.44. The second-order valence-corrected chi connectivity index (χ2v) is 10.4. The van der Waals surface area contributed by atoms with E-state index in [0.29, 0.717) is 19.0 Å². The fraction of sp³-hybridized carbons (Fsp3) is 0.444. The van der Waals surface area contributed by atoms with E-state index >= 15 is 0 Å². The molecule has 2 N–H and O–H groups in total. The van der Waals surface area contributed by atoms with Gasteiger partial charge in [-0.15, -0.1) is 0 Å². The highest BCUT2D eigenvalue weighted by Gasteiger charge is 2.50. The molecule has 8 nitrogen and oxygen atoms in total. The second-order valence-electron chi connectivity index (χ2n) is 10.4. The molecule has 2 aromatic rings. The molecule has 2 aromatic carbocycles. The maximum Gasteiger partial charge on any atom is 0.407 e. The van der Waals surface area contributed by atoms with Crippen molar-refractivity contribution in [3.8, 4) is 11.1 Å². The van der Waals surface area contributed by atoms with Crippen LogP contribution in [0.25, 0.3) is 11.1 Å². The fourth-order valence-electron chi connectivity index (χ4n) is 6.18. The minimum atomic E-state index is -1.16. The Balaban J connectivity index is 1.25. The van der Waals surface area contributed by atoms with Gasteiger partial charge in [0.15, 0.2) is 0 Å². The number of rotatable bonds is 6. The van der Waals surface area contributed by atoms with Crippen molar-refractivity contribution in [3.63, 3.8) is 0 Å². The van der Waals surface area contributed by atoms with Crippen molar-refractivity contribution in [1.82, 2.24) is 15.1 Å². The van der Waals surface area contributed by atoms with Crippen LogP contribution in [-0.4, -0.2) is 78.8 Å². The topological polar surface area (TPSA) is 99.2 Å². The largest absolute Gasteiger partial charge is 0.481 e. The molecular formula is C27H31N3O5. The number of hydrogen-bond acceptors (Lipinski definition) is 5. The number of nitrogens with zero attached hydrogens (tertiary/aromatic N) is 2. The summed E-state index contributed by atoms with van der Waals surface area (Å²) in [6, 6.07) is 14.9. The predicted molar refractivity (Wildman–Crippen MR) is 130 cm³/mol. The van der Waals surface area contributed by atoms with E-state index in [1.165, 1.54) is 0 Å². The molecule has 2 saturated heterocycles. The van der Waals surface area contributed by atoms with Crippen LogP contribution in [0.1, 0.15) is 30.4 Å². The standard InChI is InChI=1S/C27H31N3O5/c1-27-15-29(2)12-17(27)13-30(16-27)25(33)23(11-24(31)32)28-26(34)35-14-22-20-9-5-3-7-18(20)19-8-4-6-10-21(19)22/h3-10,17,22-23H,11-16H2,1-2H3,(H,28,34)(H,31,32). The van der Waals surface area contributed by atoms with E-state index in [9.17, 15) is 19.5 Å². The van der Waals surface area contributed by atoms with Crippen LogP contribution in [0.2, 0.25) is 0 Å². The summed E-state index contributed by atoms with van der Waals surface area (Å²) >= 11 is 0. The van der Waals surface area contributed by atoms with Gasteiger partial charge in [0.1, 0.15) is 12.6 Å². The predicted octanol–water partition coefficient (Wildman–Crippen LogP) is 2.78. The SMILES string of the molecule is CN1CC2CN(C(=O)C(CC(=O)O)NC(=O)OCC3c4ccccc4-c4ccccc43)CC2(C)C1. The lowest BCUT2D eigenvalue weighted by molar-refractivity contribution is -0.142. The third-order valence-electron chi connectivity index (χ3n) is 7.77. The molecule has 2 heterocycles. The number of carboxylic acid groups (broad SMARTS) is 1. The van der Waals surface area contributed by atoms with Crippen LogP contribution < -0.4 is 5.32 Å². The van der Waals surface area contributed by atoms with Gasteiger partial charge in [0.05, 0.1) is 6.42 Å². The van der Waals surface area contributed by atoms with E-state index in [-0.39, 0.29) is 23.8 Å². The van der Waals surface area contributed by atoms with Crippen LogP contribution in [-0.2, 0) is 14.3 Å². The molecule has 0 bridgehead atoms. The molecule has 5 rings (SSSR count). The summed E-state index contributed by atoms with van der Waals surface area (Å²) in [4.78, 5) is 41.4. The van der Waals surface area contributed by atoms with Gasteiger partial charge in [-0.2, -0.15) is 0 Å². The number of carboxylic acids is 1. The van der Waals surface area contributed by atoms with Crippen molar-refractivity contribution >= 4 is 18.0 Å². The van der Waals surface area contributed by atoms with Gasteiger partial charge in [0, 0.05) is 37.5 Å². The molecule has 184 valence electrons. The molecule has 0 spiro atoms. The number of ether oxygens (including phenoxy) is 1. The Morgan fingerprint density at radius 1 is 1.06 bits per heavy atom. The minimum Gasteiger partial charge on any atom is -0.481 e. The van der Waals surface area contributed by atoms with Crippen molar-refractivity contribution in [1.29, 1.82) is 0 Å². The molecule has 0 saturated carbocycles. The quantitative estimate of drug-likeness (QED) is 0.664. The smallest absolute Gasteiger partial charge is 0.407 e. The van der Waals surface area contributed by atoms with E-state index in [1.54, 1.807) is 4.90 Å². The zero-order chi connectivity index (χ0) is 24.7. The van der Waals surface area contributed by atoms with Gasteiger partial charge in [-0.25, -0.2) is 4.79 Å². The first-order chi connectivity index (χ1) is 16.7. The van der Waals surface area contributed by atoms with E-state index in [4.69, 9.17) is 4.74 Å². The maximum absolute atomic E-state index is 13.2. The summed E-state index contributed by atoms with van der Waals surface area (Å²) in [6.45, 7) is 5.20. The maximum atomic E-state index is 13.2. The van der Waals surface area contributed by atoms with Crippen molar-refractivity contribution in [2.45, 2.75) is 25.3 Å². The molecule has 3 aliphatic rings. The molecule has 0 aromatic heterocycles. The van der Waals surface area contributed by atoms with E-state index in [0.717, 1.165) is 35.3 Å². The number of carbonyl (C=O) groups excluding carboxylic acids is 2. The van der Waals surface area contributed by atoms with E-state index in [2.05, 4.69) is 36.3 Å². The normalized spacial score (nSPS) is 23.9. The zero-order valence-electron chi connectivity index (χ0n) is 20.1. The minimum absolute atomic E-state index is 0.0120. The van der Waals surface area contributed by atoms with Crippen LogP contribution in [0.15, 0.2) is 48.5 Å². The summed E-state index contributed by atoms with van der Waals surface area (Å²) in [6.07, 6.45) is -1.27. The monoisotopic (exact) mass is 477 g/mol. The Bertz CT molecular complexity index is 1120. The lowest BCUT2D eigenvalue weighted by atomic mass is 9.83. The van der Waals surface area contributed by atoms with Gasteiger partial charge in [0.25, 0.3) is 0 Å². The number of carbonyl (C=O) groups is 3. The fourth-order valence-corrected chi connectivity index (χ4v) is 6.18. The van der Waals surface area contributed by atoms with Crippen LogP contribution >= 0.6 is 0 Å². The zero-order valence-corrected chi connectivity index (χ0v) is 20.1. The number of fused-ring (bicyclic) bond motifs is 4. The summed E-state index contributed by atoms with van der Waals surface area (Å²) in [5, 5.41) is 11.9. The molecule has 35 heavy (non-hydrogen) atoms. The van der Waals surface area contributed by atoms with Gasteiger partial charge in [-0.1, -0.05) is 55.5 Å². The average Bonchev–Trinajstić information content (AvgIpc) is 3.40. The first-order valence-corrected chi connectivity index (χ1v) is 12.1. The molecule has 2 aliphatic heterocycles. The van der Waals surface area contributed by atoms with Crippen molar-refractivity contribution in [2.75, 3.05) is 39.8 Å². The van der Waals surface area contributed by atoms with Gasteiger partial charge in [-0.05, 0) is 35.2 Å². The van der Waals surface area contributed by atoms with Gasteiger partial charge >= 0.3 is 12.1 Å². The Hall–Kier alpha value is -3.39. The van der Waals surface area contributed by atoms with Crippen LogP contribution in [0.3, 0.4) is 0 Å². The Labute approximate surface area is 204 Å². The number of nitrogens with one attached hydrogen (secondary N) is 1. The van der Waals surface area contributed by atoms with Gasteiger partial charge in [-0.3, -0.25) is 9.59 Å². The molecule has 2 fully saturated rings. The van der Waals surface area contributed by atoms with E-state index < -0.39 is 24.5 Å². The Morgan fingerprint density at radius 2 is 1.69 bits per heavy atom. The van der Waals surface area contributed by atoms with Crippen LogP contribution in [0.5, 0.6) is 0 Å². The number of benzene rings is 2. The number of aliphatic carboxylic acids is 1. The van der Waals surface area contributed by atoms with Crippen LogP contribution in [0.4, 0.5) is 4.79 Å². The summed E-state index contributed by atoms with van der Waals surface area (Å²) < 4.78 is 5.55. The van der Waals surface area contributed by atoms with Gasteiger partial charge < -0.3 is 25.0 Å². The van der Waals surface area contributed by atoms with Crippen molar-refractivity contribution in [3.05, 3.63) is 59.7 Å². The average molecular weight is 478 g/mol. The summed E-state index contributed by atoms with van der Waals surface area (Å²) in [5.41, 5.74) is 4.40. The lowest BCUT2D eigenvalue weighted by Crippen LogP contribution is -2.50. The van der Waals surface area contributed by atoms with Crippen molar-refractivity contribution < 1.29 is 24.2 Å². The molecule has 3 unspecified atom stereocenters. The summed E-state index contributed by atoms with van der Waals surface area (Å²) in [7, 11) is 2.07. The highest BCUT2D eigenvalue weighted by atomic mass is 16.5. The molecule has 3 atom stereocenters. The summed E-state index contributed by atoms with van der Waals surface area (Å²) in [5.74, 6) is -1.28. The molecule has 8 heteroatoms. The molecule has 0 radical (unpaired) electrons. The third-order valence-corrected chi connectivity index (χ3v) is 7.77. The first kappa shape index (κ1) is 23.4. The number of likely N-dealkylation sites (tertiary alicyclic amines) is 2. The number of amides is 2. The van der Waals surface area contributed by atoms with Crippen molar-refractivity contribution in [2.24, 2.45) is 11.3 Å². The number of alkyl carbamates (subject to hydrolysis) is 1. The van der Waals surface area contributed by atoms with Gasteiger partial charge in [0.2, 0.25) is 5.91 Å². The van der Waals surface area contributed by atoms with Crippen LogP contribution in [0, 0.1) is 11.3 Å². The Kier molecular flexibility index (Phi) is 6.01. The number of hydrogen-bond donors (Lipinski definition) is 2. The Morgan fingerprint density at radius 3 is 2.29 bits per heavy atom. The first-order valence-electron chi connectivity index (χ1n) is 12.1.